The molecule has 0 bridgehead atoms. The standard InChI is InChI=1S/C15H19N3OS/c1-11(19)16-10-12-9-14(15-7-4-8-20-15)18(17-12)13-5-2-3-6-13/h4,7-9,13H,2-3,5-6,10H2,1H3,(H,16,19). The Bertz CT molecular complexity index is 582. The van der Waals surface area contributed by atoms with Crippen LogP contribution in [0.5, 0.6) is 0 Å². The molecule has 4 nitrogen and oxygen atoms in total. The van der Waals surface area contributed by atoms with E-state index in [0.717, 1.165) is 5.69 Å². The first kappa shape index (κ1) is 13.4. The van der Waals surface area contributed by atoms with Crippen LogP contribution in [0.3, 0.4) is 0 Å². The molecule has 20 heavy (non-hydrogen) atoms. The molecule has 1 fully saturated rings. The molecule has 0 saturated heterocycles. The SMILES string of the molecule is CC(=O)NCc1cc(-c2cccs2)n(C2CCCC2)n1. The molecular formula is C15H19N3OS. The maximum Gasteiger partial charge on any atom is 0.217 e. The molecule has 0 spiro atoms. The highest BCUT2D eigenvalue weighted by Crippen LogP contribution is 2.35. The lowest BCUT2D eigenvalue weighted by molar-refractivity contribution is -0.119. The highest BCUT2D eigenvalue weighted by Gasteiger charge is 2.22. The molecule has 2 aromatic rings. The summed E-state index contributed by atoms with van der Waals surface area (Å²) >= 11 is 1.74. The third-order valence-electron chi connectivity index (χ3n) is 3.75. The molecule has 2 aromatic heterocycles. The fourth-order valence-electron chi connectivity index (χ4n) is 2.78. The minimum Gasteiger partial charge on any atom is -0.351 e. The number of nitrogens with one attached hydrogen (secondary N) is 1. The van der Waals surface area contributed by atoms with Gasteiger partial charge in [0.2, 0.25) is 5.91 Å². The van der Waals surface area contributed by atoms with Crippen molar-refractivity contribution in [1.29, 1.82) is 0 Å². The lowest BCUT2D eigenvalue weighted by atomic mass is 10.2. The van der Waals surface area contributed by atoms with E-state index < -0.39 is 0 Å². The van der Waals surface area contributed by atoms with Crippen LogP contribution in [-0.4, -0.2) is 15.7 Å². The summed E-state index contributed by atoms with van der Waals surface area (Å²) in [6, 6.07) is 6.83. The zero-order chi connectivity index (χ0) is 13.9. The van der Waals surface area contributed by atoms with E-state index in [-0.39, 0.29) is 5.91 Å². The molecule has 0 aliphatic heterocycles. The van der Waals surface area contributed by atoms with Crippen molar-refractivity contribution < 1.29 is 4.79 Å². The molecule has 3 rings (SSSR count). The molecule has 0 aromatic carbocycles. The summed E-state index contributed by atoms with van der Waals surface area (Å²) in [4.78, 5) is 12.3. The van der Waals surface area contributed by atoms with Gasteiger partial charge in [-0.15, -0.1) is 11.3 Å². The molecule has 1 saturated carbocycles. The Kier molecular flexibility index (Phi) is 3.87. The normalized spacial score (nSPS) is 15.7. The molecular weight excluding hydrogens is 270 g/mol. The van der Waals surface area contributed by atoms with Gasteiger partial charge in [-0.25, -0.2) is 0 Å². The van der Waals surface area contributed by atoms with Crippen LogP contribution in [0, 0.1) is 0 Å². The molecule has 0 radical (unpaired) electrons. The predicted molar refractivity (Wildman–Crippen MR) is 80.6 cm³/mol. The largest absolute Gasteiger partial charge is 0.351 e. The van der Waals surface area contributed by atoms with Crippen LogP contribution >= 0.6 is 11.3 Å². The second kappa shape index (κ2) is 5.79. The van der Waals surface area contributed by atoms with E-state index >= 15 is 0 Å². The molecule has 2 heterocycles. The number of hydrogen-bond acceptors (Lipinski definition) is 3. The number of thiophene rings is 1. The third kappa shape index (κ3) is 2.77. The summed E-state index contributed by atoms with van der Waals surface area (Å²) in [6.07, 6.45) is 4.99. The van der Waals surface area contributed by atoms with Crippen LogP contribution in [0.2, 0.25) is 0 Å². The van der Waals surface area contributed by atoms with E-state index in [9.17, 15) is 4.79 Å². The van der Waals surface area contributed by atoms with Crippen LogP contribution in [-0.2, 0) is 11.3 Å². The Labute approximate surface area is 122 Å². The van der Waals surface area contributed by atoms with Gasteiger partial charge in [-0.1, -0.05) is 18.9 Å². The van der Waals surface area contributed by atoms with Gasteiger partial charge in [0.05, 0.1) is 28.9 Å². The van der Waals surface area contributed by atoms with Gasteiger partial charge in [-0.3, -0.25) is 9.48 Å². The molecule has 5 heteroatoms. The van der Waals surface area contributed by atoms with Crippen LogP contribution in [0.15, 0.2) is 23.6 Å². The number of carbonyl (C=O) groups excluding carboxylic acids is 1. The summed E-state index contributed by atoms with van der Waals surface area (Å²) < 4.78 is 2.18. The highest BCUT2D eigenvalue weighted by atomic mass is 32.1. The molecule has 1 N–H and O–H groups in total. The van der Waals surface area contributed by atoms with Gasteiger partial charge >= 0.3 is 0 Å². The number of carbonyl (C=O) groups is 1. The van der Waals surface area contributed by atoms with Gasteiger partial charge < -0.3 is 5.32 Å². The first-order valence-corrected chi connectivity index (χ1v) is 7.99. The Hall–Kier alpha value is -1.62. The quantitative estimate of drug-likeness (QED) is 0.938. The van der Waals surface area contributed by atoms with E-state index in [1.54, 1.807) is 11.3 Å². The lowest BCUT2D eigenvalue weighted by Crippen LogP contribution is -2.19. The van der Waals surface area contributed by atoms with Gasteiger partial charge in [0.25, 0.3) is 0 Å². The molecule has 0 unspecified atom stereocenters. The summed E-state index contributed by atoms with van der Waals surface area (Å²) in [7, 11) is 0. The molecule has 1 aliphatic carbocycles. The zero-order valence-corrected chi connectivity index (χ0v) is 12.4. The molecule has 1 amide bonds. The van der Waals surface area contributed by atoms with Gasteiger partial charge in [-0.05, 0) is 30.4 Å². The Morgan fingerprint density at radius 1 is 1.50 bits per heavy atom. The van der Waals surface area contributed by atoms with Crippen LogP contribution < -0.4 is 5.32 Å². The van der Waals surface area contributed by atoms with Gasteiger partial charge in [0, 0.05) is 6.92 Å². The maximum atomic E-state index is 11.1. The number of aromatic nitrogens is 2. The van der Waals surface area contributed by atoms with E-state index in [4.69, 9.17) is 5.10 Å². The monoisotopic (exact) mass is 289 g/mol. The van der Waals surface area contributed by atoms with Crippen molar-refractivity contribution in [2.24, 2.45) is 0 Å². The van der Waals surface area contributed by atoms with E-state index in [1.807, 2.05) is 0 Å². The Morgan fingerprint density at radius 2 is 2.30 bits per heavy atom. The minimum atomic E-state index is -0.0157. The molecule has 106 valence electrons. The van der Waals surface area contributed by atoms with Gasteiger partial charge in [0.15, 0.2) is 0 Å². The van der Waals surface area contributed by atoms with Crippen LogP contribution in [0.1, 0.15) is 44.3 Å². The predicted octanol–water partition coefficient (Wildman–Crippen LogP) is 3.36. The molecule has 0 atom stereocenters. The van der Waals surface area contributed by atoms with Crippen molar-refractivity contribution in [1.82, 2.24) is 15.1 Å². The van der Waals surface area contributed by atoms with Crippen molar-refractivity contribution in [3.63, 3.8) is 0 Å². The summed E-state index contributed by atoms with van der Waals surface area (Å²) in [6.45, 7) is 2.04. The van der Waals surface area contributed by atoms with Gasteiger partial charge in [0.1, 0.15) is 0 Å². The summed E-state index contributed by atoms with van der Waals surface area (Å²) in [5.74, 6) is -0.0157. The van der Waals surface area contributed by atoms with Crippen LogP contribution in [0.25, 0.3) is 10.6 Å². The Morgan fingerprint density at radius 3 is 2.95 bits per heavy atom. The Balaban J connectivity index is 1.91. The molecule has 1 aliphatic rings. The van der Waals surface area contributed by atoms with Gasteiger partial charge in [-0.2, -0.15) is 5.10 Å². The van der Waals surface area contributed by atoms with Crippen molar-refractivity contribution in [2.75, 3.05) is 0 Å². The number of nitrogens with zero attached hydrogens (tertiary/aromatic N) is 2. The summed E-state index contributed by atoms with van der Waals surface area (Å²) in [5.41, 5.74) is 2.13. The topological polar surface area (TPSA) is 46.9 Å². The smallest absolute Gasteiger partial charge is 0.217 e. The van der Waals surface area contributed by atoms with E-state index in [0.29, 0.717) is 12.6 Å². The average Bonchev–Trinajstić information content (AvgIpc) is 3.15. The van der Waals surface area contributed by atoms with E-state index in [2.05, 4.69) is 33.6 Å². The van der Waals surface area contributed by atoms with Crippen molar-refractivity contribution in [2.45, 2.75) is 45.2 Å². The lowest BCUT2D eigenvalue weighted by Gasteiger charge is -2.13. The fourth-order valence-corrected chi connectivity index (χ4v) is 3.52. The zero-order valence-electron chi connectivity index (χ0n) is 11.6. The van der Waals surface area contributed by atoms with Crippen molar-refractivity contribution in [3.05, 3.63) is 29.3 Å². The highest BCUT2D eigenvalue weighted by molar-refractivity contribution is 7.13. The van der Waals surface area contributed by atoms with Crippen molar-refractivity contribution >= 4 is 17.2 Å². The summed E-state index contributed by atoms with van der Waals surface area (Å²) in [5, 5.41) is 9.65. The number of rotatable bonds is 4. The first-order chi connectivity index (χ1) is 9.74. The second-order valence-corrected chi connectivity index (χ2v) is 6.24. The third-order valence-corrected chi connectivity index (χ3v) is 4.64. The number of amides is 1. The first-order valence-electron chi connectivity index (χ1n) is 7.11. The fraction of sp³-hybridized carbons (Fsp3) is 0.467. The second-order valence-electron chi connectivity index (χ2n) is 5.29. The van der Waals surface area contributed by atoms with E-state index in [1.165, 1.54) is 43.2 Å². The average molecular weight is 289 g/mol. The minimum absolute atomic E-state index is 0.0157. The number of hydrogen-bond donors (Lipinski definition) is 1. The van der Waals surface area contributed by atoms with Crippen molar-refractivity contribution in [3.8, 4) is 10.6 Å². The maximum absolute atomic E-state index is 11.1. The van der Waals surface area contributed by atoms with Crippen LogP contribution in [0.4, 0.5) is 0 Å².